The van der Waals surface area contributed by atoms with Crippen molar-refractivity contribution in [1.82, 2.24) is 24.3 Å². The summed E-state index contributed by atoms with van der Waals surface area (Å²) < 4.78 is 8.40. The summed E-state index contributed by atoms with van der Waals surface area (Å²) in [6.07, 6.45) is 6.30. The Morgan fingerprint density at radius 3 is 2.83 bits per heavy atom. The Bertz CT molecular complexity index is 1400. The number of para-hydroxylation sites is 1. The molecule has 1 N–H and O–H groups in total. The van der Waals surface area contributed by atoms with Crippen LogP contribution in [0.25, 0.3) is 27.9 Å². The summed E-state index contributed by atoms with van der Waals surface area (Å²) in [5.74, 6) is 0.0785. The van der Waals surface area contributed by atoms with E-state index in [0.717, 1.165) is 5.39 Å². The number of amides is 1. The Labute approximate surface area is 163 Å². The standard InChI is InChI=1S/C20H14N6O3/c27-16(24-14-6-3-8-21-19(14)26-10-4-9-23-26)11-25-12-22-17-13-5-1-2-7-15(13)29-18(17)20(25)28/h1-10,12H,11H2,(H,24,27). The van der Waals surface area contributed by atoms with Crippen LogP contribution in [0.3, 0.4) is 0 Å². The van der Waals surface area contributed by atoms with Gasteiger partial charge in [-0.15, -0.1) is 0 Å². The summed E-state index contributed by atoms with van der Waals surface area (Å²) in [5, 5.41) is 7.66. The van der Waals surface area contributed by atoms with E-state index in [9.17, 15) is 9.59 Å². The van der Waals surface area contributed by atoms with Crippen LogP contribution < -0.4 is 10.9 Å². The van der Waals surface area contributed by atoms with E-state index in [1.807, 2.05) is 18.2 Å². The fourth-order valence-corrected chi connectivity index (χ4v) is 3.14. The first-order valence-electron chi connectivity index (χ1n) is 8.82. The van der Waals surface area contributed by atoms with Crippen molar-refractivity contribution in [1.29, 1.82) is 0 Å². The van der Waals surface area contributed by atoms with E-state index >= 15 is 0 Å². The zero-order valence-corrected chi connectivity index (χ0v) is 15.0. The number of furan rings is 1. The van der Waals surface area contributed by atoms with E-state index < -0.39 is 11.5 Å². The Morgan fingerprint density at radius 2 is 1.97 bits per heavy atom. The maximum atomic E-state index is 12.8. The number of rotatable bonds is 4. The molecule has 0 unspecified atom stereocenters. The zero-order chi connectivity index (χ0) is 19.8. The van der Waals surface area contributed by atoms with Gasteiger partial charge in [-0.3, -0.25) is 14.2 Å². The van der Waals surface area contributed by atoms with Crippen LogP contribution in [0.4, 0.5) is 5.69 Å². The van der Waals surface area contributed by atoms with Crippen molar-refractivity contribution in [2.75, 3.05) is 5.32 Å². The van der Waals surface area contributed by atoms with Gasteiger partial charge in [-0.2, -0.15) is 5.10 Å². The van der Waals surface area contributed by atoms with Crippen LogP contribution in [0, 0.1) is 0 Å². The van der Waals surface area contributed by atoms with Gasteiger partial charge in [0.15, 0.2) is 5.82 Å². The molecule has 0 saturated heterocycles. The minimum atomic E-state index is -0.417. The number of carbonyl (C=O) groups excluding carboxylic acids is 1. The Balaban J connectivity index is 1.45. The van der Waals surface area contributed by atoms with Gasteiger partial charge in [0, 0.05) is 24.0 Å². The normalized spacial score (nSPS) is 11.2. The molecule has 0 bridgehead atoms. The van der Waals surface area contributed by atoms with E-state index in [2.05, 4.69) is 20.4 Å². The highest BCUT2D eigenvalue weighted by atomic mass is 16.3. The van der Waals surface area contributed by atoms with Crippen LogP contribution in [0.5, 0.6) is 0 Å². The third-order valence-electron chi connectivity index (χ3n) is 4.45. The van der Waals surface area contributed by atoms with Crippen LogP contribution in [0.1, 0.15) is 0 Å². The lowest BCUT2D eigenvalue weighted by molar-refractivity contribution is -0.116. The van der Waals surface area contributed by atoms with Gasteiger partial charge < -0.3 is 9.73 Å². The second kappa shape index (κ2) is 6.71. The third kappa shape index (κ3) is 2.94. The molecule has 0 saturated carbocycles. The molecule has 0 aliphatic heterocycles. The summed E-state index contributed by atoms with van der Waals surface area (Å²) in [7, 11) is 0. The van der Waals surface area contributed by atoms with Crippen molar-refractivity contribution in [2.45, 2.75) is 6.54 Å². The minimum absolute atomic E-state index is 0.125. The fraction of sp³-hybridized carbons (Fsp3) is 0.0500. The first kappa shape index (κ1) is 16.9. The van der Waals surface area contributed by atoms with E-state index in [4.69, 9.17) is 4.42 Å². The van der Waals surface area contributed by atoms with Crippen LogP contribution >= 0.6 is 0 Å². The van der Waals surface area contributed by atoms with Crippen LogP contribution in [-0.2, 0) is 11.3 Å². The van der Waals surface area contributed by atoms with Gasteiger partial charge in [0.05, 0.1) is 12.0 Å². The lowest BCUT2D eigenvalue weighted by atomic mass is 10.2. The van der Waals surface area contributed by atoms with Crippen molar-refractivity contribution >= 4 is 33.7 Å². The first-order valence-corrected chi connectivity index (χ1v) is 8.82. The lowest BCUT2D eigenvalue weighted by Gasteiger charge is -2.10. The molecule has 9 nitrogen and oxygen atoms in total. The number of nitrogens with zero attached hydrogens (tertiary/aromatic N) is 5. The Morgan fingerprint density at radius 1 is 1.07 bits per heavy atom. The molecule has 1 aromatic carbocycles. The monoisotopic (exact) mass is 386 g/mol. The number of nitrogens with one attached hydrogen (secondary N) is 1. The Kier molecular flexibility index (Phi) is 3.91. The maximum absolute atomic E-state index is 12.8. The van der Waals surface area contributed by atoms with E-state index in [0.29, 0.717) is 22.6 Å². The number of fused-ring (bicyclic) bond motifs is 3. The van der Waals surface area contributed by atoms with Crippen molar-refractivity contribution in [2.24, 2.45) is 0 Å². The molecule has 29 heavy (non-hydrogen) atoms. The molecule has 5 aromatic rings. The highest BCUT2D eigenvalue weighted by Gasteiger charge is 2.15. The number of pyridine rings is 1. The third-order valence-corrected chi connectivity index (χ3v) is 4.45. The predicted octanol–water partition coefficient (Wildman–Crippen LogP) is 2.36. The van der Waals surface area contributed by atoms with Crippen molar-refractivity contribution < 1.29 is 9.21 Å². The molecular formula is C20H14N6O3. The van der Waals surface area contributed by atoms with Crippen molar-refractivity contribution in [3.8, 4) is 5.82 Å². The molecule has 4 aromatic heterocycles. The predicted molar refractivity (Wildman–Crippen MR) is 106 cm³/mol. The molecule has 0 aliphatic carbocycles. The van der Waals surface area contributed by atoms with Crippen LogP contribution in [0.15, 0.2) is 76.6 Å². The molecule has 0 radical (unpaired) electrons. The second-order valence-corrected chi connectivity index (χ2v) is 6.33. The van der Waals surface area contributed by atoms with E-state index in [1.54, 1.807) is 47.5 Å². The topological polar surface area (TPSA) is 108 Å². The number of hydrogen-bond acceptors (Lipinski definition) is 6. The van der Waals surface area contributed by atoms with Gasteiger partial charge in [0.2, 0.25) is 11.5 Å². The van der Waals surface area contributed by atoms with E-state index in [-0.39, 0.29) is 12.1 Å². The highest BCUT2D eigenvalue weighted by molar-refractivity contribution is 6.01. The fourth-order valence-electron chi connectivity index (χ4n) is 3.14. The number of aromatic nitrogens is 5. The number of carbonyl (C=O) groups is 1. The largest absolute Gasteiger partial charge is 0.448 e. The van der Waals surface area contributed by atoms with Gasteiger partial charge in [-0.25, -0.2) is 14.6 Å². The molecule has 5 rings (SSSR count). The number of anilines is 1. The SMILES string of the molecule is O=C(Cn1cnc2c(oc3ccccc32)c1=O)Nc1cccnc1-n1cccn1. The summed E-state index contributed by atoms with van der Waals surface area (Å²) in [6, 6.07) is 12.5. The van der Waals surface area contributed by atoms with Crippen molar-refractivity contribution in [3.63, 3.8) is 0 Å². The van der Waals surface area contributed by atoms with Gasteiger partial charge >= 0.3 is 0 Å². The highest BCUT2D eigenvalue weighted by Crippen LogP contribution is 2.24. The van der Waals surface area contributed by atoms with Gasteiger partial charge in [0.25, 0.3) is 5.56 Å². The average Bonchev–Trinajstić information content (AvgIpc) is 3.39. The average molecular weight is 386 g/mol. The molecule has 4 heterocycles. The second-order valence-electron chi connectivity index (χ2n) is 6.33. The molecule has 0 atom stereocenters. The molecule has 142 valence electrons. The molecule has 1 amide bonds. The molecule has 0 fully saturated rings. The van der Waals surface area contributed by atoms with Gasteiger partial charge in [-0.1, -0.05) is 12.1 Å². The molecule has 0 spiro atoms. The Hall–Kier alpha value is -4.27. The van der Waals surface area contributed by atoms with Crippen LogP contribution in [-0.4, -0.2) is 30.2 Å². The van der Waals surface area contributed by atoms with Gasteiger partial charge in [0.1, 0.15) is 17.6 Å². The summed E-state index contributed by atoms with van der Waals surface area (Å²) >= 11 is 0. The number of hydrogen-bond donors (Lipinski definition) is 1. The smallest absolute Gasteiger partial charge is 0.297 e. The van der Waals surface area contributed by atoms with Crippen LogP contribution in [0.2, 0.25) is 0 Å². The summed E-state index contributed by atoms with van der Waals surface area (Å²) in [6.45, 7) is -0.216. The maximum Gasteiger partial charge on any atom is 0.297 e. The zero-order valence-electron chi connectivity index (χ0n) is 15.0. The van der Waals surface area contributed by atoms with E-state index in [1.165, 1.54) is 10.9 Å². The molecule has 0 aliphatic rings. The van der Waals surface area contributed by atoms with Crippen molar-refractivity contribution in [3.05, 3.63) is 77.7 Å². The quantitative estimate of drug-likeness (QED) is 0.508. The summed E-state index contributed by atoms with van der Waals surface area (Å²) in [5.41, 5.74) is 1.25. The summed E-state index contributed by atoms with van der Waals surface area (Å²) in [4.78, 5) is 33.9. The molecule has 9 heteroatoms. The van der Waals surface area contributed by atoms with Gasteiger partial charge in [-0.05, 0) is 30.3 Å². The number of benzene rings is 1. The first-order chi connectivity index (χ1) is 14.2. The molecular weight excluding hydrogens is 372 g/mol. The lowest BCUT2D eigenvalue weighted by Crippen LogP contribution is -2.28. The minimum Gasteiger partial charge on any atom is -0.448 e.